The number of hydrogen-bond acceptors (Lipinski definition) is 4. The number of hydrogen-bond donors (Lipinski definition) is 1. The van der Waals surface area contributed by atoms with Crippen molar-refractivity contribution in [1.29, 1.82) is 0 Å². The molecule has 21 heavy (non-hydrogen) atoms. The van der Waals surface area contributed by atoms with Gasteiger partial charge in [0, 0.05) is 18.9 Å². The van der Waals surface area contributed by atoms with Crippen molar-refractivity contribution in [3.63, 3.8) is 0 Å². The molecule has 110 valence electrons. The van der Waals surface area contributed by atoms with E-state index >= 15 is 0 Å². The molecule has 0 unspecified atom stereocenters. The Hall–Kier alpha value is -2.56. The molecule has 0 fully saturated rings. The molecule has 1 N–H and O–H groups in total. The topological polar surface area (TPSA) is 60.5 Å². The van der Waals surface area contributed by atoms with Crippen molar-refractivity contribution in [3.8, 4) is 11.5 Å². The lowest BCUT2D eigenvalue weighted by atomic mass is 10.1. The molecule has 1 amide bonds. The van der Waals surface area contributed by atoms with E-state index in [2.05, 4.69) is 10.3 Å². The van der Waals surface area contributed by atoms with Gasteiger partial charge in [-0.2, -0.15) is 0 Å². The Kier molecular flexibility index (Phi) is 4.77. The Balaban J connectivity index is 2.18. The number of pyridine rings is 1. The highest BCUT2D eigenvalue weighted by Gasteiger charge is 2.15. The average molecular weight is 286 g/mol. The summed E-state index contributed by atoms with van der Waals surface area (Å²) in [5, 5.41) is 2.85. The smallest absolute Gasteiger partial charge is 0.255 e. The van der Waals surface area contributed by atoms with Gasteiger partial charge in [-0.1, -0.05) is 6.07 Å². The number of nitrogens with one attached hydrogen (secondary N) is 1. The van der Waals surface area contributed by atoms with Gasteiger partial charge in [0.05, 0.1) is 19.8 Å². The third kappa shape index (κ3) is 3.51. The fourth-order valence-corrected chi connectivity index (χ4v) is 2.01. The van der Waals surface area contributed by atoms with Crippen LogP contribution < -0.4 is 14.8 Å². The zero-order chi connectivity index (χ0) is 15.2. The van der Waals surface area contributed by atoms with Crippen LogP contribution in [0.1, 0.15) is 21.5 Å². The van der Waals surface area contributed by atoms with Crippen LogP contribution in [0.5, 0.6) is 11.5 Å². The van der Waals surface area contributed by atoms with Crippen LogP contribution in [0.15, 0.2) is 36.7 Å². The van der Waals surface area contributed by atoms with Gasteiger partial charge in [0.15, 0.2) is 0 Å². The normalized spacial score (nSPS) is 10.0. The molecule has 0 aliphatic rings. The maximum absolute atomic E-state index is 12.3. The second-order valence-electron chi connectivity index (χ2n) is 4.57. The Morgan fingerprint density at radius 2 is 2.00 bits per heavy atom. The first-order chi connectivity index (χ1) is 10.2. The zero-order valence-corrected chi connectivity index (χ0v) is 12.3. The monoisotopic (exact) mass is 286 g/mol. The molecular weight excluding hydrogens is 268 g/mol. The number of rotatable bonds is 5. The summed E-state index contributed by atoms with van der Waals surface area (Å²) in [5.41, 5.74) is 2.30. The number of aryl methyl sites for hydroxylation is 1. The Bertz CT molecular complexity index is 627. The highest BCUT2D eigenvalue weighted by Crippen LogP contribution is 2.28. The van der Waals surface area contributed by atoms with Crippen LogP contribution in [-0.2, 0) is 6.54 Å². The van der Waals surface area contributed by atoms with Crippen LogP contribution in [0.25, 0.3) is 0 Å². The average Bonchev–Trinajstić information content (AvgIpc) is 2.53. The first-order valence-electron chi connectivity index (χ1n) is 6.55. The molecule has 2 rings (SSSR count). The molecule has 0 saturated carbocycles. The van der Waals surface area contributed by atoms with Gasteiger partial charge >= 0.3 is 0 Å². The van der Waals surface area contributed by atoms with Crippen molar-refractivity contribution in [2.75, 3.05) is 14.2 Å². The number of amides is 1. The maximum Gasteiger partial charge on any atom is 0.255 e. The Morgan fingerprint density at radius 3 is 2.62 bits per heavy atom. The van der Waals surface area contributed by atoms with Crippen LogP contribution in [0.3, 0.4) is 0 Å². The summed E-state index contributed by atoms with van der Waals surface area (Å²) in [5.74, 6) is 0.966. The summed E-state index contributed by atoms with van der Waals surface area (Å²) >= 11 is 0. The quantitative estimate of drug-likeness (QED) is 0.916. The van der Waals surface area contributed by atoms with Gasteiger partial charge < -0.3 is 14.8 Å². The van der Waals surface area contributed by atoms with Crippen LogP contribution in [0, 0.1) is 6.92 Å². The fraction of sp³-hybridized carbons (Fsp3) is 0.250. The van der Waals surface area contributed by atoms with Crippen LogP contribution in [0.2, 0.25) is 0 Å². The van der Waals surface area contributed by atoms with E-state index in [0.717, 1.165) is 11.1 Å². The zero-order valence-electron chi connectivity index (χ0n) is 12.3. The first-order valence-corrected chi connectivity index (χ1v) is 6.55. The van der Waals surface area contributed by atoms with Crippen molar-refractivity contribution >= 4 is 5.91 Å². The molecule has 0 spiro atoms. The Morgan fingerprint density at radius 1 is 1.24 bits per heavy atom. The van der Waals surface area contributed by atoms with Gasteiger partial charge in [0.25, 0.3) is 5.91 Å². The first kappa shape index (κ1) is 14.8. The number of nitrogens with zero attached hydrogens (tertiary/aromatic N) is 1. The Labute approximate surface area is 123 Å². The highest BCUT2D eigenvalue weighted by atomic mass is 16.5. The van der Waals surface area contributed by atoms with E-state index in [-0.39, 0.29) is 5.91 Å². The van der Waals surface area contributed by atoms with E-state index in [4.69, 9.17) is 9.47 Å². The molecular formula is C16H18N2O3. The lowest BCUT2D eigenvalue weighted by Gasteiger charge is -2.13. The number of carbonyl (C=O) groups excluding carboxylic acids is 1. The lowest BCUT2D eigenvalue weighted by molar-refractivity contribution is 0.0947. The third-order valence-electron chi connectivity index (χ3n) is 3.14. The van der Waals surface area contributed by atoms with Crippen LogP contribution in [0.4, 0.5) is 0 Å². The van der Waals surface area contributed by atoms with E-state index in [1.807, 2.05) is 19.1 Å². The summed E-state index contributed by atoms with van der Waals surface area (Å²) in [6.45, 7) is 2.31. The largest absolute Gasteiger partial charge is 0.496 e. The second-order valence-corrected chi connectivity index (χ2v) is 4.57. The lowest BCUT2D eigenvalue weighted by Crippen LogP contribution is -2.23. The van der Waals surface area contributed by atoms with E-state index in [1.165, 1.54) is 0 Å². The third-order valence-corrected chi connectivity index (χ3v) is 3.14. The summed E-state index contributed by atoms with van der Waals surface area (Å²) in [7, 11) is 3.12. The second kappa shape index (κ2) is 6.74. The minimum absolute atomic E-state index is 0.214. The number of benzene rings is 1. The van der Waals surface area contributed by atoms with E-state index in [9.17, 15) is 4.79 Å². The predicted molar refractivity (Wildman–Crippen MR) is 79.7 cm³/mol. The molecule has 0 aliphatic carbocycles. The van der Waals surface area contributed by atoms with Gasteiger partial charge in [-0.25, -0.2) is 0 Å². The summed E-state index contributed by atoms with van der Waals surface area (Å²) in [6.07, 6.45) is 3.41. The van der Waals surface area contributed by atoms with Gasteiger partial charge in [-0.05, 0) is 36.2 Å². The van der Waals surface area contributed by atoms with Crippen molar-refractivity contribution < 1.29 is 14.3 Å². The van der Waals surface area contributed by atoms with Gasteiger partial charge in [0.2, 0.25) is 0 Å². The van der Waals surface area contributed by atoms with Crippen molar-refractivity contribution in [2.24, 2.45) is 0 Å². The van der Waals surface area contributed by atoms with E-state index < -0.39 is 0 Å². The van der Waals surface area contributed by atoms with Gasteiger partial charge in [-0.15, -0.1) is 0 Å². The molecule has 1 heterocycles. The molecule has 5 heteroatoms. The number of methoxy groups -OCH3 is 2. The van der Waals surface area contributed by atoms with Crippen molar-refractivity contribution in [1.82, 2.24) is 10.3 Å². The van der Waals surface area contributed by atoms with Gasteiger partial charge in [0.1, 0.15) is 11.5 Å². The molecule has 2 aromatic rings. The summed E-state index contributed by atoms with van der Waals surface area (Å²) in [4.78, 5) is 16.3. The van der Waals surface area contributed by atoms with Crippen molar-refractivity contribution in [2.45, 2.75) is 13.5 Å². The van der Waals surface area contributed by atoms with Crippen LogP contribution >= 0.6 is 0 Å². The number of aromatic nitrogens is 1. The minimum Gasteiger partial charge on any atom is -0.496 e. The molecule has 0 saturated heterocycles. The molecule has 1 aromatic heterocycles. The standard InChI is InChI=1S/C16H18N2O3/c1-11-7-15(21-3)13(8-14(11)20-2)16(19)18-10-12-5-4-6-17-9-12/h4-9H,10H2,1-3H3,(H,18,19). The summed E-state index contributed by atoms with van der Waals surface area (Å²) < 4.78 is 10.5. The van der Waals surface area contributed by atoms with Crippen LogP contribution in [-0.4, -0.2) is 25.1 Å². The highest BCUT2D eigenvalue weighted by molar-refractivity contribution is 5.97. The molecule has 0 aliphatic heterocycles. The van der Waals surface area contributed by atoms with E-state index in [0.29, 0.717) is 23.6 Å². The van der Waals surface area contributed by atoms with E-state index in [1.54, 1.807) is 38.7 Å². The molecule has 5 nitrogen and oxygen atoms in total. The predicted octanol–water partition coefficient (Wildman–Crippen LogP) is 2.34. The minimum atomic E-state index is -0.214. The maximum atomic E-state index is 12.3. The molecule has 0 atom stereocenters. The summed E-state index contributed by atoms with van der Waals surface area (Å²) in [6, 6.07) is 7.21. The number of carbonyl (C=O) groups is 1. The molecule has 0 bridgehead atoms. The molecule has 1 aromatic carbocycles. The van der Waals surface area contributed by atoms with Gasteiger partial charge in [-0.3, -0.25) is 9.78 Å². The SMILES string of the molecule is COc1cc(C(=O)NCc2cccnc2)c(OC)cc1C. The fourth-order valence-electron chi connectivity index (χ4n) is 2.01. The van der Waals surface area contributed by atoms with Crippen molar-refractivity contribution in [3.05, 3.63) is 53.3 Å². The number of ether oxygens (including phenoxy) is 2. The molecule has 0 radical (unpaired) electrons.